The van der Waals surface area contributed by atoms with Gasteiger partial charge in [0.25, 0.3) is 0 Å². The molecule has 0 amide bonds. The number of hydrogen-bond acceptors (Lipinski definition) is 1. The Morgan fingerprint density at radius 3 is 2.45 bits per heavy atom. The van der Waals surface area contributed by atoms with Crippen molar-refractivity contribution in [3.63, 3.8) is 0 Å². The van der Waals surface area contributed by atoms with E-state index in [2.05, 4.69) is 6.92 Å². The van der Waals surface area contributed by atoms with Crippen LogP contribution in [0.4, 0.5) is 0 Å². The van der Waals surface area contributed by atoms with Crippen LogP contribution in [-0.4, -0.2) is 28.9 Å². The van der Waals surface area contributed by atoms with Crippen LogP contribution in [0.1, 0.15) is 32.6 Å². The Morgan fingerprint density at radius 2 is 1.82 bits per heavy atom. The molecule has 0 unspecified atom stereocenters. The normalized spacial score (nSPS) is 10.0. The average molecular weight is 172 g/mol. The fourth-order valence-corrected chi connectivity index (χ4v) is 2.82. The average Bonchev–Trinajstić information content (AvgIpc) is 2.03. The molecular formula is C9H21AlO. The Balaban J connectivity index is 2.69. The summed E-state index contributed by atoms with van der Waals surface area (Å²) in [5.41, 5.74) is 0. The molecule has 1 nitrogen and oxygen atoms in total. The largest absolute Gasteiger partial charge is 0.385 e. The highest BCUT2D eigenvalue weighted by Gasteiger charge is 1.93. The lowest BCUT2D eigenvalue weighted by atomic mass is 10.3. The molecule has 0 radical (unpaired) electrons. The summed E-state index contributed by atoms with van der Waals surface area (Å²) in [6, 6.07) is 0. The summed E-state index contributed by atoms with van der Waals surface area (Å²) in [6.07, 6.45) is 5.59. The highest BCUT2D eigenvalue weighted by atomic mass is 27.1. The topological polar surface area (TPSA) is 9.23 Å². The van der Waals surface area contributed by atoms with Crippen molar-refractivity contribution in [1.29, 1.82) is 0 Å². The van der Waals surface area contributed by atoms with E-state index < -0.39 is 0 Å². The van der Waals surface area contributed by atoms with Gasteiger partial charge in [-0.15, -0.1) is 0 Å². The number of methoxy groups -OCH3 is 1. The zero-order valence-electron chi connectivity index (χ0n) is 8.07. The van der Waals surface area contributed by atoms with Gasteiger partial charge < -0.3 is 4.74 Å². The van der Waals surface area contributed by atoms with E-state index >= 15 is 0 Å². The molecule has 0 fully saturated rings. The third kappa shape index (κ3) is 10.5. The monoisotopic (exact) mass is 172 g/mol. The van der Waals surface area contributed by atoms with E-state index in [1.54, 1.807) is 12.4 Å². The molecule has 0 aromatic rings. The van der Waals surface area contributed by atoms with Gasteiger partial charge in [-0.3, -0.25) is 0 Å². The first kappa shape index (κ1) is 11.5. The van der Waals surface area contributed by atoms with Gasteiger partial charge in [-0.1, -0.05) is 36.8 Å². The summed E-state index contributed by atoms with van der Waals surface area (Å²) in [5.74, 6) is 0. The molecule has 0 heterocycles. The van der Waals surface area contributed by atoms with Gasteiger partial charge in [0.05, 0.1) is 0 Å². The van der Waals surface area contributed by atoms with Gasteiger partial charge in [-0.05, 0) is 6.42 Å². The minimum absolute atomic E-state index is 0.291. The molecule has 0 atom stereocenters. The van der Waals surface area contributed by atoms with Gasteiger partial charge >= 0.3 is 0 Å². The molecule has 0 aliphatic carbocycles. The van der Waals surface area contributed by atoms with Crippen molar-refractivity contribution in [1.82, 2.24) is 0 Å². The molecule has 0 aliphatic rings. The summed E-state index contributed by atoms with van der Waals surface area (Å²) in [7, 11) is 1.79. The quantitative estimate of drug-likeness (QED) is 0.404. The van der Waals surface area contributed by atoms with E-state index in [-0.39, 0.29) is 0 Å². The van der Waals surface area contributed by atoms with Gasteiger partial charge in [-0.2, -0.15) is 0 Å². The zero-order chi connectivity index (χ0) is 8.36. The van der Waals surface area contributed by atoms with Gasteiger partial charge in [0.15, 0.2) is 0 Å². The Hall–Kier alpha value is 0.492. The lowest BCUT2D eigenvalue weighted by Gasteiger charge is -1.97. The third-order valence-corrected chi connectivity index (χ3v) is 3.95. The Morgan fingerprint density at radius 1 is 1.09 bits per heavy atom. The molecule has 0 aliphatic heterocycles. The maximum Gasteiger partial charge on any atom is 0.237 e. The molecule has 66 valence electrons. The number of rotatable bonds is 8. The highest BCUT2D eigenvalue weighted by molar-refractivity contribution is 6.35. The van der Waals surface area contributed by atoms with Crippen LogP contribution in [0.5, 0.6) is 0 Å². The van der Waals surface area contributed by atoms with Crippen molar-refractivity contribution in [2.75, 3.05) is 13.7 Å². The maximum atomic E-state index is 4.99. The van der Waals surface area contributed by atoms with E-state index in [1.165, 1.54) is 31.0 Å². The van der Waals surface area contributed by atoms with E-state index in [9.17, 15) is 0 Å². The Bertz CT molecular complexity index is 58.6. The van der Waals surface area contributed by atoms with Gasteiger partial charge in [0.1, 0.15) is 0 Å². The zero-order valence-corrected chi connectivity index (χ0v) is 9.48. The van der Waals surface area contributed by atoms with Crippen molar-refractivity contribution in [3.05, 3.63) is 0 Å². The molecule has 0 spiro atoms. The molecule has 0 bridgehead atoms. The molecule has 0 N–H and O–H groups in total. The predicted molar refractivity (Wildman–Crippen MR) is 52.8 cm³/mol. The van der Waals surface area contributed by atoms with E-state index in [4.69, 9.17) is 4.74 Å². The molecule has 0 saturated heterocycles. The lowest BCUT2D eigenvalue weighted by molar-refractivity contribution is 0.199. The van der Waals surface area contributed by atoms with Crippen molar-refractivity contribution in [3.8, 4) is 0 Å². The minimum atomic E-state index is 0.291. The van der Waals surface area contributed by atoms with Gasteiger partial charge in [-0.25, -0.2) is 0 Å². The standard InChI is InChI=1S/C5H11.C4H9O.Al.H/c1-3-5-4-2;1-3-4-5-2;;/h1,3-5H2,2H3;1,3-4H2,2H3;;. The highest BCUT2D eigenvalue weighted by Crippen LogP contribution is 2.01. The summed E-state index contributed by atoms with van der Waals surface area (Å²) in [4.78, 5) is 0. The molecule has 11 heavy (non-hydrogen) atoms. The first-order valence-electron chi connectivity index (χ1n) is 4.90. The van der Waals surface area contributed by atoms with Crippen LogP contribution in [0, 0.1) is 0 Å². The van der Waals surface area contributed by atoms with Crippen molar-refractivity contribution >= 4 is 15.2 Å². The SMILES string of the molecule is CCCC[CH2][AlH][CH2]CCOC. The van der Waals surface area contributed by atoms with Crippen LogP contribution in [-0.2, 0) is 4.74 Å². The first-order valence-corrected chi connectivity index (χ1v) is 6.90. The third-order valence-electron chi connectivity index (χ3n) is 1.95. The van der Waals surface area contributed by atoms with Crippen LogP contribution in [0.3, 0.4) is 0 Å². The second-order valence-electron chi connectivity index (χ2n) is 3.11. The maximum absolute atomic E-state index is 4.99. The lowest BCUT2D eigenvalue weighted by Crippen LogP contribution is -1.93. The number of ether oxygens (including phenoxy) is 1. The summed E-state index contributed by atoms with van der Waals surface area (Å²) >= 11 is 0.291. The number of hydrogen-bond donors (Lipinski definition) is 0. The fraction of sp³-hybridized carbons (Fsp3) is 1.00. The predicted octanol–water partition coefficient (Wildman–Crippen LogP) is 2.49. The van der Waals surface area contributed by atoms with Crippen LogP contribution in [0.25, 0.3) is 0 Å². The second kappa shape index (κ2) is 10.5. The van der Waals surface area contributed by atoms with Crippen molar-refractivity contribution in [2.45, 2.75) is 43.2 Å². The molecule has 0 aromatic heterocycles. The number of unbranched alkanes of at least 4 members (excludes halogenated alkanes) is 2. The molecule has 2 heteroatoms. The Labute approximate surface area is 77.2 Å². The van der Waals surface area contributed by atoms with Gasteiger partial charge in [0, 0.05) is 13.7 Å². The minimum Gasteiger partial charge on any atom is -0.385 e. The second-order valence-corrected chi connectivity index (χ2v) is 5.24. The molecular weight excluding hydrogens is 151 g/mol. The summed E-state index contributed by atoms with van der Waals surface area (Å²) < 4.78 is 4.99. The van der Waals surface area contributed by atoms with Gasteiger partial charge in [0.2, 0.25) is 15.2 Å². The van der Waals surface area contributed by atoms with Crippen molar-refractivity contribution in [2.24, 2.45) is 0 Å². The van der Waals surface area contributed by atoms with Crippen molar-refractivity contribution < 1.29 is 4.74 Å². The van der Waals surface area contributed by atoms with E-state index in [0.717, 1.165) is 6.61 Å². The van der Waals surface area contributed by atoms with Crippen LogP contribution < -0.4 is 0 Å². The molecule has 0 saturated carbocycles. The summed E-state index contributed by atoms with van der Waals surface area (Å²) in [5, 5.41) is 3.04. The van der Waals surface area contributed by atoms with Crippen LogP contribution in [0.15, 0.2) is 0 Å². The first-order chi connectivity index (χ1) is 5.41. The smallest absolute Gasteiger partial charge is 0.237 e. The molecule has 0 rings (SSSR count). The van der Waals surface area contributed by atoms with Crippen LogP contribution >= 0.6 is 0 Å². The summed E-state index contributed by atoms with van der Waals surface area (Å²) in [6.45, 7) is 3.24. The fourth-order valence-electron chi connectivity index (χ4n) is 1.20. The van der Waals surface area contributed by atoms with E-state index in [1.807, 2.05) is 0 Å². The van der Waals surface area contributed by atoms with Crippen LogP contribution in [0.2, 0.25) is 10.6 Å². The Kier molecular flexibility index (Phi) is 11.0. The molecule has 0 aromatic carbocycles. The van der Waals surface area contributed by atoms with E-state index in [0.29, 0.717) is 15.2 Å².